The lowest BCUT2D eigenvalue weighted by Gasteiger charge is -2.42. The molecule has 1 aliphatic heterocycles. The molecule has 0 saturated carbocycles. The van der Waals surface area contributed by atoms with Crippen molar-refractivity contribution in [2.75, 3.05) is 25.5 Å². The smallest absolute Gasteiger partial charge is 0.310 e. The number of methoxy groups -OCH3 is 1. The number of aromatic amines is 1. The highest BCUT2D eigenvalue weighted by Crippen LogP contribution is 2.41. The Morgan fingerprint density at radius 2 is 1.93 bits per heavy atom. The topological polar surface area (TPSA) is 103 Å². The van der Waals surface area contributed by atoms with Crippen LogP contribution in [0.5, 0.6) is 5.75 Å². The number of aromatic nitrogens is 3. The zero-order valence-corrected chi connectivity index (χ0v) is 23.1. The van der Waals surface area contributed by atoms with Gasteiger partial charge in [-0.05, 0) is 43.5 Å². The molecule has 4 aromatic rings. The number of H-pyrrole nitrogens is 1. The van der Waals surface area contributed by atoms with E-state index in [-0.39, 0.29) is 17.5 Å². The Morgan fingerprint density at radius 3 is 2.58 bits per heavy atom. The Balaban J connectivity index is 1.40. The van der Waals surface area contributed by atoms with E-state index in [0.717, 1.165) is 11.3 Å². The summed E-state index contributed by atoms with van der Waals surface area (Å²) >= 11 is 6.15. The minimum absolute atomic E-state index is 0.0651. The van der Waals surface area contributed by atoms with Crippen LogP contribution in [0, 0.1) is 18.2 Å². The number of carboxylic acid groups (broad SMARTS) is 1. The summed E-state index contributed by atoms with van der Waals surface area (Å²) < 4.78 is 20.7. The SMILES string of the molecule is COc1ccc(CC2(C(=O)O)CCN(C(c3ccccc3)c3cccc(Cl)c3F)CC2)nc1Nc1cc(C)[nH]n1. The monoisotopic (exact) mass is 563 g/mol. The number of likely N-dealkylation sites (tertiary alicyclic amines) is 1. The van der Waals surface area contributed by atoms with Crippen LogP contribution in [0.25, 0.3) is 0 Å². The molecule has 2 aromatic carbocycles. The van der Waals surface area contributed by atoms with Gasteiger partial charge < -0.3 is 15.2 Å². The van der Waals surface area contributed by atoms with E-state index in [9.17, 15) is 9.90 Å². The Bertz CT molecular complexity index is 1490. The number of hydrogen-bond acceptors (Lipinski definition) is 6. The zero-order valence-electron chi connectivity index (χ0n) is 22.3. The molecular formula is C30H31ClFN5O3. The van der Waals surface area contributed by atoms with Gasteiger partial charge >= 0.3 is 5.97 Å². The minimum atomic E-state index is -1.02. The number of ether oxygens (including phenoxy) is 1. The maximum Gasteiger partial charge on any atom is 0.310 e. The second-order valence-corrected chi connectivity index (χ2v) is 10.6. The third-order valence-corrected chi connectivity index (χ3v) is 7.86. The number of pyridine rings is 1. The van der Waals surface area contributed by atoms with E-state index in [1.807, 2.05) is 43.3 Å². The first-order valence-electron chi connectivity index (χ1n) is 13.1. The van der Waals surface area contributed by atoms with Crippen molar-refractivity contribution in [2.24, 2.45) is 5.41 Å². The molecule has 1 aliphatic rings. The number of aliphatic carboxylic acids is 1. The molecule has 0 spiro atoms. The third-order valence-electron chi connectivity index (χ3n) is 7.57. The summed E-state index contributed by atoms with van der Waals surface area (Å²) in [6.07, 6.45) is 1.00. The van der Waals surface area contributed by atoms with E-state index in [0.29, 0.717) is 54.6 Å². The van der Waals surface area contributed by atoms with Crippen molar-refractivity contribution < 1.29 is 19.0 Å². The molecule has 0 radical (unpaired) electrons. The van der Waals surface area contributed by atoms with Crippen molar-refractivity contribution >= 4 is 29.2 Å². The van der Waals surface area contributed by atoms with Crippen molar-refractivity contribution in [2.45, 2.75) is 32.2 Å². The number of carbonyl (C=O) groups is 1. The number of carboxylic acids is 1. The molecule has 5 rings (SSSR count). The largest absolute Gasteiger partial charge is 0.493 e. The first-order valence-corrected chi connectivity index (χ1v) is 13.5. The summed E-state index contributed by atoms with van der Waals surface area (Å²) in [5.41, 5.74) is 1.90. The molecule has 2 aromatic heterocycles. The molecule has 40 heavy (non-hydrogen) atoms. The van der Waals surface area contributed by atoms with Crippen LogP contribution in [0.4, 0.5) is 16.0 Å². The molecular weight excluding hydrogens is 533 g/mol. The number of piperidine rings is 1. The van der Waals surface area contributed by atoms with Crippen LogP contribution in [0.15, 0.2) is 66.7 Å². The highest BCUT2D eigenvalue weighted by molar-refractivity contribution is 6.30. The van der Waals surface area contributed by atoms with Gasteiger partial charge in [0, 0.05) is 42.5 Å². The van der Waals surface area contributed by atoms with E-state index in [1.165, 1.54) is 6.07 Å². The van der Waals surface area contributed by atoms with Crippen LogP contribution >= 0.6 is 11.6 Å². The molecule has 8 nitrogen and oxygen atoms in total. The van der Waals surface area contributed by atoms with E-state index >= 15 is 4.39 Å². The van der Waals surface area contributed by atoms with E-state index in [4.69, 9.17) is 21.3 Å². The predicted molar refractivity (Wildman–Crippen MR) is 152 cm³/mol. The third kappa shape index (κ3) is 5.66. The van der Waals surface area contributed by atoms with Gasteiger partial charge in [0.15, 0.2) is 17.4 Å². The van der Waals surface area contributed by atoms with Crippen LogP contribution < -0.4 is 10.1 Å². The number of hydrogen-bond donors (Lipinski definition) is 3. The van der Waals surface area contributed by atoms with Gasteiger partial charge in [0.25, 0.3) is 0 Å². The quantitative estimate of drug-likeness (QED) is 0.224. The van der Waals surface area contributed by atoms with Gasteiger partial charge in [-0.15, -0.1) is 0 Å². The number of anilines is 2. The number of benzene rings is 2. The molecule has 1 unspecified atom stereocenters. The normalized spacial score (nSPS) is 15.9. The number of halogens is 2. The minimum Gasteiger partial charge on any atom is -0.493 e. The van der Waals surface area contributed by atoms with Gasteiger partial charge in [0.2, 0.25) is 0 Å². The molecule has 3 heterocycles. The van der Waals surface area contributed by atoms with Crippen molar-refractivity contribution in [3.05, 3.63) is 100 Å². The van der Waals surface area contributed by atoms with Crippen molar-refractivity contribution in [1.29, 1.82) is 0 Å². The Labute approximate surface area is 237 Å². The lowest BCUT2D eigenvalue weighted by molar-refractivity contribution is -0.152. The van der Waals surface area contributed by atoms with Crippen molar-refractivity contribution in [1.82, 2.24) is 20.1 Å². The van der Waals surface area contributed by atoms with Gasteiger partial charge in [-0.3, -0.25) is 14.8 Å². The molecule has 1 saturated heterocycles. The number of nitrogens with zero attached hydrogens (tertiary/aromatic N) is 3. The summed E-state index contributed by atoms with van der Waals surface area (Å²) in [5, 5.41) is 20.7. The Hall–Kier alpha value is -3.95. The van der Waals surface area contributed by atoms with E-state index < -0.39 is 17.2 Å². The zero-order chi connectivity index (χ0) is 28.3. The first-order chi connectivity index (χ1) is 19.3. The molecule has 0 bridgehead atoms. The van der Waals surface area contributed by atoms with Crippen LogP contribution in [-0.2, 0) is 11.2 Å². The summed E-state index contributed by atoms with van der Waals surface area (Å²) in [4.78, 5) is 19.6. The van der Waals surface area contributed by atoms with Gasteiger partial charge in [0.1, 0.15) is 5.82 Å². The number of nitrogens with one attached hydrogen (secondary N) is 2. The predicted octanol–water partition coefficient (Wildman–Crippen LogP) is 6.16. The molecule has 10 heteroatoms. The maximum atomic E-state index is 15.2. The number of rotatable bonds is 9. The lowest BCUT2D eigenvalue weighted by Crippen LogP contribution is -2.47. The molecule has 1 atom stereocenters. The number of aryl methyl sites for hydroxylation is 1. The summed E-state index contributed by atoms with van der Waals surface area (Å²) in [6, 6.07) is 19.7. The van der Waals surface area contributed by atoms with Gasteiger partial charge in [0.05, 0.1) is 23.6 Å². The second kappa shape index (κ2) is 11.7. The molecule has 0 aliphatic carbocycles. The van der Waals surface area contributed by atoms with Crippen molar-refractivity contribution in [3.63, 3.8) is 0 Å². The highest BCUT2D eigenvalue weighted by Gasteiger charge is 2.44. The van der Waals surface area contributed by atoms with Crippen LogP contribution in [0.2, 0.25) is 5.02 Å². The van der Waals surface area contributed by atoms with Crippen LogP contribution in [0.3, 0.4) is 0 Å². The van der Waals surface area contributed by atoms with Crippen LogP contribution in [0.1, 0.15) is 41.4 Å². The van der Waals surface area contributed by atoms with Crippen molar-refractivity contribution in [3.8, 4) is 5.75 Å². The van der Waals surface area contributed by atoms with E-state index in [1.54, 1.807) is 31.4 Å². The fourth-order valence-electron chi connectivity index (χ4n) is 5.42. The maximum absolute atomic E-state index is 15.2. The highest BCUT2D eigenvalue weighted by atomic mass is 35.5. The lowest BCUT2D eigenvalue weighted by atomic mass is 9.74. The Morgan fingerprint density at radius 1 is 1.18 bits per heavy atom. The summed E-state index contributed by atoms with van der Waals surface area (Å²) in [7, 11) is 1.55. The van der Waals surface area contributed by atoms with Crippen LogP contribution in [-0.4, -0.2) is 51.4 Å². The summed E-state index contributed by atoms with van der Waals surface area (Å²) in [5.74, 6) is 0.250. The van der Waals surface area contributed by atoms with Gasteiger partial charge in [-0.25, -0.2) is 9.37 Å². The molecule has 3 N–H and O–H groups in total. The molecule has 1 fully saturated rings. The summed E-state index contributed by atoms with van der Waals surface area (Å²) in [6.45, 7) is 2.82. The van der Waals surface area contributed by atoms with Gasteiger partial charge in [-0.2, -0.15) is 5.10 Å². The average molecular weight is 564 g/mol. The average Bonchev–Trinajstić information content (AvgIpc) is 3.37. The fourth-order valence-corrected chi connectivity index (χ4v) is 5.60. The Kier molecular flexibility index (Phi) is 8.04. The molecule has 0 amide bonds. The first kappa shape index (κ1) is 27.6. The second-order valence-electron chi connectivity index (χ2n) is 10.2. The molecule has 208 valence electrons. The van der Waals surface area contributed by atoms with E-state index in [2.05, 4.69) is 20.4 Å². The standard InChI is InChI=1S/C30H31ClFN5O3/c1-19-17-25(36-35-19)34-28-24(40-2)12-11-21(33-28)18-30(29(38)39)13-15-37(16-14-30)27(20-7-4-3-5-8-20)22-9-6-10-23(31)26(22)32/h3-12,17,27H,13-16,18H2,1-2H3,(H,38,39)(H2,33,34,35,36). The van der Waals surface area contributed by atoms with Gasteiger partial charge in [-0.1, -0.05) is 54.1 Å². The fraction of sp³-hybridized carbons (Fsp3) is 0.300.